The molecule has 6 nitrogen and oxygen atoms in total. The number of amides is 1. The van der Waals surface area contributed by atoms with Crippen molar-refractivity contribution in [2.45, 2.75) is 31.7 Å². The van der Waals surface area contributed by atoms with Gasteiger partial charge in [-0.05, 0) is 49.1 Å². The molecule has 1 aliphatic heterocycles. The third-order valence-electron chi connectivity index (χ3n) is 4.93. The summed E-state index contributed by atoms with van der Waals surface area (Å²) in [6.45, 7) is 0. The standard InChI is InChI=1S/C20H18BrN3O3/c21-13-10-12-6-7-15(8-9-17(25)22-14-4-2-1-3-5-14)24-18(12)16(11-13)23-19(26)20(24)27/h1-5,10-11,15H,6-9H2,(H,22,25)(H,23,26). The Morgan fingerprint density at radius 1 is 1.22 bits per heavy atom. The van der Waals surface area contributed by atoms with E-state index in [1.807, 2.05) is 36.4 Å². The molecule has 0 spiro atoms. The van der Waals surface area contributed by atoms with Crippen LogP contribution in [0.3, 0.4) is 0 Å². The first-order valence-electron chi connectivity index (χ1n) is 8.85. The van der Waals surface area contributed by atoms with Crippen LogP contribution in [-0.4, -0.2) is 15.5 Å². The monoisotopic (exact) mass is 427 g/mol. The van der Waals surface area contributed by atoms with E-state index in [4.69, 9.17) is 0 Å². The number of hydrogen-bond acceptors (Lipinski definition) is 3. The fourth-order valence-electron chi connectivity index (χ4n) is 3.73. The van der Waals surface area contributed by atoms with Crippen LogP contribution in [0.2, 0.25) is 0 Å². The van der Waals surface area contributed by atoms with Crippen molar-refractivity contribution in [3.63, 3.8) is 0 Å². The van der Waals surface area contributed by atoms with Crippen molar-refractivity contribution < 1.29 is 4.79 Å². The van der Waals surface area contributed by atoms with E-state index in [1.165, 1.54) is 0 Å². The molecule has 1 aromatic heterocycles. The fraction of sp³-hybridized carbons (Fsp3) is 0.250. The molecular weight excluding hydrogens is 410 g/mol. The maximum absolute atomic E-state index is 12.5. The Labute approximate surface area is 163 Å². The van der Waals surface area contributed by atoms with Crippen molar-refractivity contribution in [2.75, 3.05) is 5.32 Å². The summed E-state index contributed by atoms with van der Waals surface area (Å²) in [5.41, 5.74) is 1.99. The Kier molecular flexibility index (Phi) is 4.70. The third-order valence-corrected chi connectivity index (χ3v) is 5.39. The Bertz CT molecular complexity index is 1130. The second-order valence-electron chi connectivity index (χ2n) is 6.74. The number of para-hydroxylation sites is 1. The predicted octanol–water partition coefficient (Wildman–Crippen LogP) is 3.36. The first kappa shape index (κ1) is 17.7. The van der Waals surface area contributed by atoms with Crippen LogP contribution in [0.4, 0.5) is 5.69 Å². The van der Waals surface area contributed by atoms with Crippen molar-refractivity contribution >= 4 is 38.6 Å². The maximum Gasteiger partial charge on any atom is 0.316 e. The highest BCUT2D eigenvalue weighted by Crippen LogP contribution is 2.32. The van der Waals surface area contributed by atoms with E-state index >= 15 is 0 Å². The number of aromatic nitrogens is 2. The molecule has 1 aliphatic rings. The fourth-order valence-corrected chi connectivity index (χ4v) is 4.23. The van der Waals surface area contributed by atoms with E-state index < -0.39 is 11.1 Å². The lowest BCUT2D eigenvalue weighted by atomic mass is 9.95. The minimum atomic E-state index is -0.632. The molecule has 138 valence electrons. The molecule has 3 aromatic rings. The van der Waals surface area contributed by atoms with E-state index in [-0.39, 0.29) is 18.4 Å². The van der Waals surface area contributed by atoms with Gasteiger partial charge < -0.3 is 10.3 Å². The van der Waals surface area contributed by atoms with Gasteiger partial charge in [-0.2, -0.15) is 0 Å². The molecule has 0 saturated carbocycles. The summed E-state index contributed by atoms with van der Waals surface area (Å²) in [6, 6.07) is 12.9. The van der Waals surface area contributed by atoms with Gasteiger partial charge in [0.25, 0.3) is 0 Å². The molecule has 2 heterocycles. The summed E-state index contributed by atoms with van der Waals surface area (Å²) in [7, 11) is 0. The highest BCUT2D eigenvalue weighted by molar-refractivity contribution is 9.10. The highest BCUT2D eigenvalue weighted by atomic mass is 79.9. The first-order chi connectivity index (χ1) is 13.0. The van der Waals surface area contributed by atoms with Gasteiger partial charge in [0.1, 0.15) is 0 Å². The molecule has 2 aromatic carbocycles. The van der Waals surface area contributed by atoms with Crippen LogP contribution in [-0.2, 0) is 11.2 Å². The van der Waals surface area contributed by atoms with Crippen LogP contribution < -0.4 is 16.4 Å². The van der Waals surface area contributed by atoms with E-state index in [0.717, 1.165) is 34.1 Å². The Morgan fingerprint density at radius 2 is 2.00 bits per heavy atom. The number of H-pyrrole nitrogens is 1. The number of carbonyl (C=O) groups excluding carboxylic acids is 1. The number of nitrogens with zero attached hydrogens (tertiary/aromatic N) is 1. The average molecular weight is 428 g/mol. The van der Waals surface area contributed by atoms with Crippen molar-refractivity contribution in [3.05, 3.63) is 73.2 Å². The first-order valence-corrected chi connectivity index (χ1v) is 9.64. The lowest BCUT2D eigenvalue weighted by molar-refractivity contribution is -0.116. The lowest BCUT2D eigenvalue weighted by Crippen LogP contribution is -2.40. The van der Waals surface area contributed by atoms with E-state index in [9.17, 15) is 14.4 Å². The number of aryl methyl sites for hydroxylation is 1. The highest BCUT2D eigenvalue weighted by Gasteiger charge is 2.25. The molecule has 1 unspecified atom stereocenters. The number of anilines is 1. The molecule has 2 N–H and O–H groups in total. The number of halogens is 1. The molecule has 1 amide bonds. The van der Waals surface area contributed by atoms with Gasteiger partial charge in [-0.15, -0.1) is 0 Å². The van der Waals surface area contributed by atoms with Crippen LogP contribution in [0, 0.1) is 0 Å². The quantitative estimate of drug-likeness (QED) is 0.626. The van der Waals surface area contributed by atoms with Crippen molar-refractivity contribution in [1.82, 2.24) is 9.55 Å². The molecule has 4 rings (SSSR count). The number of benzene rings is 2. The van der Waals surface area contributed by atoms with Crippen LogP contribution in [0.25, 0.3) is 11.0 Å². The van der Waals surface area contributed by atoms with Crippen molar-refractivity contribution in [3.8, 4) is 0 Å². The van der Waals surface area contributed by atoms with Crippen molar-refractivity contribution in [1.29, 1.82) is 0 Å². The smallest absolute Gasteiger partial charge is 0.316 e. The van der Waals surface area contributed by atoms with Crippen LogP contribution in [0.1, 0.15) is 30.9 Å². The number of rotatable bonds is 4. The summed E-state index contributed by atoms with van der Waals surface area (Å²) >= 11 is 3.45. The van der Waals surface area contributed by atoms with Gasteiger partial charge in [0, 0.05) is 22.6 Å². The number of carbonyl (C=O) groups is 1. The maximum atomic E-state index is 12.5. The molecular formula is C20H18BrN3O3. The SMILES string of the molecule is O=C(CCC1CCc2cc(Br)cc3[nH]c(=O)c(=O)n1c23)Nc1ccccc1. The summed E-state index contributed by atoms with van der Waals surface area (Å²) in [5.74, 6) is -0.100. The van der Waals surface area contributed by atoms with E-state index in [0.29, 0.717) is 11.9 Å². The van der Waals surface area contributed by atoms with E-state index in [2.05, 4.69) is 26.2 Å². The molecule has 0 aliphatic carbocycles. The topological polar surface area (TPSA) is 84.0 Å². The Hall–Kier alpha value is -2.67. The number of nitrogens with one attached hydrogen (secondary N) is 2. The zero-order valence-electron chi connectivity index (χ0n) is 14.5. The van der Waals surface area contributed by atoms with Crippen molar-refractivity contribution in [2.24, 2.45) is 0 Å². The summed E-state index contributed by atoms with van der Waals surface area (Å²) < 4.78 is 2.45. The van der Waals surface area contributed by atoms with Crippen LogP contribution >= 0.6 is 15.9 Å². The van der Waals surface area contributed by atoms with Gasteiger partial charge in [0.15, 0.2) is 0 Å². The molecule has 0 fully saturated rings. The normalized spacial score (nSPS) is 15.7. The minimum absolute atomic E-state index is 0.100. The largest absolute Gasteiger partial charge is 0.326 e. The van der Waals surface area contributed by atoms with Gasteiger partial charge in [-0.25, -0.2) is 0 Å². The average Bonchev–Trinajstić information content (AvgIpc) is 2.65. The second kappa shape index (κ2) is 7.15. The molecule has 1 atom stereocenters. The Balaban J connectivity index is 1.61. The van der Waals surface area contributed by atoms with E-state index in [1.54, 1.807) is 10.6 Å². The van der Waals surface area contributed by atoms with Gasteiger partial charge in [0.05, 0.1) is 11.0 Å². The third kappa shape index (κ3) is 3.47. The number of hydrogen-bond donors (Lipinski definition) is 2. The number of aromatic amines is 1. The summed E-state index contributed by atoms with van der Waals surface area (Å²) in [4.78, 5) is 39.6. The lowest BCUT2D eigenvalue weighted by Gasteiger charge is -2.27. The molecule has 0 radical (unpaired) electrons. The molecule has 27 heavy (non-hydrogen) atoms. The van der Waals surface area contributed by atoms with Gasteiger partial charge in [-0.1, -0.05) is 34.1 Å². The van der Waals surface area contributed by atoms with Gasteiger partial charge in [-0.3, -0.25) is 19.0 Å². The zero-order chi connectivity index (χ0) is 19.0. The van der Waals surface area contributed by atoms with Crippen LogP contribution in [0.15, 0.2) is 56.5 Å². The molecule has 7 heteroatoms. The second-order valence-corrected chi connectivity index (χ2v) is 7.65. The molecule has 0 saturated heterocycles. The Morgan fingerprint density at radius 3 is 2.78 bits per heavy atom. The zero-order valence-corrected chi connectivity index (χ0v) is 16.1. The summed E-state index contributed by atoms with van der Waals surface area (Å²) in [5, 5.41) is 2.86. The molecule has 0 bridgehead atoms. The summed E-state index contributed by atoms with van der Waals surface area (Å²) in [6.07, 6.45) is 2.31. The predicted molar refractivity (Wildman–Crippen MR) is 108 cm³/mol. The van der Waals surface area contributed by atoms with Gasteiger partial charge in [0.2, 0.25) is 5.91 Å². The van der Waals surface area contributed by atoms with Gasteiger partial charge >= 0.3 is 11.1 Å². The van der Waals surface area contributed by atoms with Crippen LogP contribution in [0.5, 0.6) is 0 Å². The minimum Gasteiger partial charge on any atom is -0.326 e.